The average molecular weight is 312 g/mol. The van der Waals surface area contributed by atoms with Crippen LogP contribution in [0.2, 0.25) is 0 Å². The van der Waals surface area contributed by atoms with Crippen LogP contribution in [0, 0.1) is 6.92 Å². The molecule has 1 saturated heterocycles. The summed E-state index contributed by atoms with van der Waals surface area (Å²) in [6, 6.07) is 5.12. The minimum atomic E-state index is -0.711. The molecule has 0 atom stereocenters. The van der Waals surface area contributed by atoms with Crippen LogP contribution < -0.4 is 0 Å². The lowest BCUT2D eigenvalue weighted by atomic mass is 10.1. The monoisotopic (exact) mass is 311 g/mol. The van der Waals surface area contributed by atoms with Gasteiger partial charge in [0.25, 0.3) is 11.8 Å². The molecule has 1 fully saturated rings. The quantitative estimate of drug-likeness (QED) is 0.783. The summed E-state index contributed by atoms with van der Waals surface area (Å²) in [7, 11) is 0. The van der Waals surface area contributed by atoms with Crippen molar-refractivity contribution >= 4 is 33.7 Å². The van der Waals surface area contributed by atoms with Crippen LogP contribution >= 0.6 is 15.9 Å². The number of aryl methyl sites for hydroxylation is 1. The van der Waals surface area contributed by atoms with Crippen molar-refractivity contribution in [3.63, 3.8) is 0 Å². The summed E-state index contributed by atoms with van der Waals surface area (Å²) in [6.45, 7) is 1.75. The molecule has 94 valence electrons. The Hall–Kier alpha value is -1.69. The van der Waals surface area contributed by atoms with Gasteiger partial charge >= 0.3 is 5.97 Å². The first-order chi connectivity index (χ1) is 8.49. The predicted octanol–water partition coefficient (Wildman–Crippen LogP) is 1.98. The first-order valence-corrected chi connectivity index (χ1v) is 6.12. The highest BCUT2D eigenvalue weighted by Crippen LogP contribution is 2.19. The van der Waals surface area contributed by atoms with E-state index in [1.54, 1.807) is 25.1 Å². The van der Waals surface area contributed by atoms with E-state index in [1.807, 2.05) is 0 Å². The fraction of sp³-hybridized carbons (Fsp3) is 0.250. The minimum Gasteiger partial charge on any atom is -0.325 e. The predicted molar refractivity (Wildman–Crippen MR) is 65.4 cm³/mol. The third-order valence-electron chi connectivity index (χ3n) is 2.60. The number of hydrogen-bond donors (Lipinski definition) is 0. The molecule has 0 spiro atoms. The number of carbonyl (C=O) groups excluding carboxylic acids is 3. The van der Waals surface area contributed by atoms with Crippen molar-refractivity contribution in [3.8, 4) is 0 Å². The number of carbonyl (C=O) groups is 3. The normalized spacial score (nSPS) is 15.1. The first-order valence-electron chi connectivity index (χ1n) is 5.33. The van der Waals surface area contributed by atoms with Crippen molar-refractivity contribution in [1.29, 1.82) is 0 Å². The molecule has 0 bridgehead atoms. The molecule has 0 radical (unpaired) electrons. The van der Waals surface area contributed by atoms with Gasteiger partial charge in [-0.25, -0.2) is 4.79 Å². The molecule has 1 aromatic carbocycles. The SMILES string of the molecule is Cc1ccc(Br)cc1C(=O)ON1C(=O)CCC1=O. The molecule has 0 unspecified atom stereocenters. The third kappa shape index (κ3) is 2.43. The topological polar surface area (TPSA) is 63.7 Å². The van der Waals surface area contributed by atoms with E-state index < -0.39 is 17.8 Å². The van der Waals surface area contributed by atoms with Gasteiger partial charge in [0, 0.05) is 17.3 Å². The molecule has 2 amide bonds. The molecule has 0 saturated carbocycles. The van der Waals surface area contributed by atoms with E-state index in [0.717, 1.165) is 4.47 Å². The second-order valence-electron chi connectivity index (χ2n) is 3.92. The van der Waals surface area contributed by atoms with E-state index in [4.69, 9.17) is 4.84 Å². The van der Waals surface area contributed by atoms with Crippen molar-refractivity contribution in [2.45, 2.75) is 19.8 Å². The van der Waals surface area contributed by atoms with Crippen molar-refractivity contribution in [1.82, 2.24) is 5.06 Å². The molecule has 1 heterocycles. The average Bonchev–Trinajstić information content (AvgIpc) is 2.64. The molecular weight excluding hydrogens is 302 g/mol. The summed E-state index contributed by atoms with van der Waals surface area (Å²) in [4.78, 5) is 39.4. The van der Waals surface area contributed by atoms with Gasteiger partial charge in [0.2, 0.25) is 0 Å². The molecule has 18 heavy (non-hydrogen) atoms. The molecule has 5 nitrogen and oxygen atoms in total. The third-order valence-corrected chi connectivity index (χ3v) is 3.09. The number of nitrogens with zero attached hydrogens (tertiary/aromatic N) is 1. The summed E-state index contributed by atoms with van der Waals surface area (Å²) in [5.41, 5.74) is 1.03. The summed E-state index contributed by atoms with van der Waals surface area (Å²) in [5.74, 6) is -1.68. The maximum atomic E-state index is 11.9. The second-order valence-corrected chi connectivity index (χ2v) is 4.84. The lowest BCUT2D eigenvalue weighted by Gasteiger charge is -2.13. The first kappa shape index (κ1) is 12.8. The number of imide groups is 1. The molecule has 0 N–H and O–H groups in total. The number of hydrogen-bond acceptors (Lipinski definition) is 4. The van der Waals surface area contributed by atoms with Gasteiger partial charge < -0.3 is 4.84 Å². The maximum Gasteiger partial charge on any atom is 0.364 e. The van der Waals surface area contributed by atoms with Crippen LogP contribution in [0.25, 0.3) is 0 Å². The van der Waals surface area contributed by atoms with Crippen LogP contribution in [-0.2, 0) is 14.4 Å². The van der Waals surface area contributed by atoms with Gasteiger partial charge in [-0.05, 0) is 24.6 Å². The van der Waals surface area contributed by atoms with E-state index in [0.29, 0.717) is 16.2 Å². The Balaban J connectivity index is 2.19. The van der Waals surface area contributed by atoms with Crippen molar-refractivity contribution < 1.29 is 19.2 Å². The fourth-order valence-corrected chi connectivity index (χ4v) is 1.97. The van der Waals surface area contributed by atoms with Crippen LogP contribution in [0.15, 0.2) is 22.7 Å². The van der Waals surface area contributed by atoms with Gasteiger partial charge in [-0.1, -0.05) is 22.0 Å². The molecular formula is C12H10BrNO4. The van der Waals surface area contributed by atoms with Gasteiger partial charge in [-0.3, -0.25) is 9.59 Å². The highest BCUT2D eigenvalue weighted by Gasteiger charge is 2.33. The van der Waals surface area contributed by atoms with Crippen LogP contribution in [0.1, 0.15) is 28.8 Å². The molecule has 1 aliphatic heterocycles. The number of halogens is 1. The molecule has 0 aliphatic carbocycles. The Bertz CT molecular complexity index is 525. The summed E-state index contributed by atoms with van der Waals surface area (Å²) in [6.07, 6.45) is 0.174. The molecule has 1 aromatic rings. The van der Waals surface area contributed by atoms with Crippen molar-refractivity contribution in [2.24, 2.45) is 0 Å². The zero-order valence-corrected chi connectivity index (χ0v) is 11.2. The van der Waals surface area contributed by atoms with E-state index in [9.17, 15) is 14.4 Å². The van der Waals surface area contributed by atoms with Crippen LogP contribution in [0.4, 0.5) is 0 Å². The fourth-order valence-electron chi connectivity index (χ4n) is 1.60. The van der Waals surface area contributed by atoms with E-state index >= 15 is 0 Å². The second kappa shape index (κ2) is 4.89. The summed E-state index contributed by atoms with van der Waals surface area (Å²) in [5, 5.41) is 0.544. The maximum absolute atomic E-state index is 11.9. The smallest absolute Gasteiger partial charge is 0.325 e. The number of benzene rings is 1. The lowest BCUT2D eigenvalue weighted by molar-refractivity contribution is -0.172. The summed E-state index contributed by atoms with van der Waals surface area (Å²) >= 11 is 3.25. The highest BCUT2D eigenvalue weighted by atomic mass is 79.9. The Morgan fingerprint density at radius 1 is 1.28 bits per heavy atom. The number of rotatable bonds is 2. The van der Waals surface area contributed by atoms with E-state index in [2.05, 4.69) is 15.9 Å². The van der Waals surface area contributed by atoms with Gasteiger partial charge in [0.1, 0.15) is 0 Å². The Kier molecular flexibility index (Phi) is 3.47. The number of hydroxylamine groups is 2. The van der Waals surface area contributed by atoms with Crippen LogP contribution in [-0.4, -0.2) is 22.8 Å². The highest BCUT2D eigenvalue weighted by molar-refractivity contribution is 9.10. The van der Waals surface area contributed by atoms with Crippen molar-refractivity contribution in [2.75, 3.05) is 0 Å². The zero-order chi connectivity index (χ0) is 13.3. The van der Waals surface area contributed by atoms with Gasteiger partial charge in [0.05, 0.1) is 5.56 Å². The van der Waals surface area contributed by atoms with Crippen molar-refractivity contribution in [3.05, 3.63) is 33.8 Å². The zero-order valence-electron chi connectivity index (χ0n) is 9.60. The Morgan fingerprint density at radius 2 is 1.89 bits per heavy atom. The molecule has 2 rings (SSSR count). The standard InChI is InChI=1S/C12H10BrNO4/c1-7-2-3-8(13)6-9(7)12(17)18-14-10(15)4-5-11(14)16/h2-3,6H,4-5H2,1H3. The van der Waals surface area contributed by atoms with Gasteiger partial charge in [-0.2, -0.15) is 0 Å². The van der Waals surface area contributed by atoms with Crippen LogP contribution in [0.5, 0.6) is 0 Å². The van der Waals surface area contributed by atoms with Crippen LogP contribution in [0.3, 0.4) is 0 Å². The minimum absolute atomic E-state index is 0.0869. The molecule has 1 aliphatic rings. The molecule has 6 heteroatoms. The van der Waals surface area contributed by atoms with E-state index in [-0.39, 0.29) is 12.8 Å². The van der Waals surface area contributed by atoms with Gasteiger partial charge in [0.15, 0.2) is 0 Å². The Morgan fingerprint density at radius 3 is 2.50 bits per heavy atom. The molecule has 0 aromatic heterocycles. The van der Waals surface area contributed by atoms with Gasteiger partial charge in [-0.15, -0.1) is 5.06 Å². The lowest BCUT2D eigenvalue weighted by Crippen LogP contribution is -2.32. The number of amides is 2. The van der Waals surface area contributed by atoms with E-state index in [1.165, 1.54) is 0 Å². The Labute approximate surface area is 112 Å². The largest absolute Gasteiger partial charge is 0.364 e. The summed E-state index contributed by atoms with van der Waals surface area (Å²) < 4.78 is 0.721.